The Hall–Kier alpha value is -3.04. The first-order valence-corrected chi connectivity index (χ1v) is 9.45. The maximum atomic E-state index is 12.2. The highest BCUT2D eigenvalue weighted by molar-refractivity contribution is 6.30. The summed E-state index contributed by atoms with van der Waals surface area (Å²) in [5.74, 6) is 1.26. The summed E-state index contributed by atoms with van der Waals surface area (Å²) in [6.07, 6.45) is 3.34. The average molecular weight is 393 g/mol. The van der Waals surface area contributed by atoms with E-state index < -0.39 is 0 Å². The highest BCUT2D eigenvalue weighted by Gasteiger charge is 2.07. The molecule has 0 heterocycles. The number of halogens is 1. The number of hydrogen-bond donors (Lipinski definition) is 0. The number of benzene rings is 3. The van der Waals surface area contributed by atoms with E-state index in [1.54, 1.807) is 24.3 Å². The molecule has 0 fully saturated rings. The molecule has 0 amide bonds. The fourth-order valence-electron chi connectivity index (χ4n) is 2.63. The van der Waals surface area contributed by atoms with Gasteiger partial charge in [0.1, 0.15) is 6.61 Å². The minimum atomic E-state index is -0.0402. The van der Waals surface area contributed by atoms with E-state index in [-0.39, 0.29) is 5.78 Å². The summed E-state index contributed by atoms with van der Waals surface area (Å²) >= 11 is 5.91. The number of ether oxygens (including phenoxy) is 2. The van der Waals surface area contributed by atoms with Crippen LogP contribution in [0, 0.1) is 0 Å². The molecule has 0 N–H and O–H groups in total. The second kappa shape index (κ2) is 9.77. The number of carbonyl (C=O) groups excluding carboxylic acids is 1. The first kappa shape index (κ1) is 19.7. The summed E-state index contributed by atoms with van der Waals surface area (Å²) in [7, 11) is 0. The second-order valence-electron chi connectivity index (χ2n) is 6.12. The summed E-state index contributed by atoms with van der Waals surface area (Å²) in [4.78, 5) is 12.2. The van der Waals surface area contributed by atoms with E-state index in [0.29, 0.717) is 35.3 Å². The van der Waals surface area contributed by atoms with E-state index >= 15 is 0 Å². The lowest BCUT2D eigenvalue weighted by atomic mass is 10.1. The molecule has 0 spiro atoms. The van der Waals surface area contributed by atoms with Crippen LogP contribution in [0.3, 0.4) is 0 Å². The average Bonchev–Trinajstić information content (AvgIpc) is 2.73. The molecule has 0 bridgehead atoms. The van der Waals surface area contributed by atoms with Crippen LogP contribution in [0.4, 0.5) is 0 Å². The SMILES string of the molecule is CCOc1cc(C=CC(=O)c2ccccc2)ccc1OCc1ccc(Cl)cc1. The van der Waals surface area contributed by atoms with Crippen molar-refractivity contribution >= 4 is 23.5 Å². The largest absolute Gasteiger partial charge is 0.490 e. The molecule has 3 aromatic rings. The van der Waals surface area contributed by atoms with Crippen LogP contribution in [0.5, 0.6) is 11.5 Å². The third-order valence-electron chi connectivity index (χ3n) is 4.06. The minimum absolute atomic E-state index is 0.0402. The quantitative estimate of drug-likeness (QED) is 0.337. The Labute approximate surface area is 170 Å². The molecule has 0 saturated heterocycles. The Morgan fingerprint density at radius 1 is 0.929 bits per heavy atom. The van der Waals surface area contributed by atoms with Gasteiger partial charge in [0.05, 0.1) is 6.61 Å². The van der Waals surface area contributed by atoms with E-state index in [2.05, 4.69) is 0 Å². The highest BCUT2D eigenvalue weighted by atomic mass is 35.5. The number of allylic oxidation sites excluding steroid dienone is 1. The van der Waals surface area contributed by atoms with Gasteiger partial charge >= 0.3 is 0 Å². The van der Waals surface area contributed by atoms with Crippen LogP contribution in [0.25, 0.3) is 6.08 Å². The van der Waals surface area contributed by atoms with Gasteiger partial charge in [0.2, 0.25) is 0 Å². The third kappa shape index (κ3) is 5.48. The lowest BCUT2D eigenvalue weighted by molar-refractivity contribution is 0.104. The van der Waals surface area contributed by atoms with Crippen molar-refractivity contribution in [1.82, 2.24) is 0 Å². The molecule has 0 aliphatic rings. The summed E-state index contributed by atoms with van der Waals surface area (Å²) < 4.78 is 11.6. The van der Waals surface area contributed by atoms with Gasteiger partial charge in [-0.1, -0.05) is 66.2 Å². The van der Waals surface area contributed by atoms with Crippen molar-refractivity contribution in [2.24, 2.45) is 0 Å². The van der Waals surface area contributed by atoms with E-state index in [0.717, 1.165) is 11.1 Å². The van der Waals surface area contributed by atoms with Crippen LogP contribution < -0.4 is 9.47 Å². The van der Waals surface area contributed by atoms with Crippen molar-refractivity contribution in [2.75, 3.05) is 6.61 Å². The van der Waals surface area contributed by atoms with E-state index in [1.165, 1.54) is 0 Å². The van der Waals surface area contributed by atoms with Gasteiger partial charge < -0.3 is 9.47 Å². The van der Waals surface area contributed by atoms with Crippen LogP contribution in [0.2, 0.25) is 5.02 Å². The lowest BCUT2D eigenvalue weighted by Crippen LogP contribution is -2.00. The molecule has 0 saturated carbocycles. The van der Waals surface area contributed by atoms with Crippen LogP contribution >= 0.6 is 11.6 Å². The summed E-state index contributed by atoms with van der Waals surface area (Å²) in [6, 6.07) is 22.3. The molecular formula is C24H21ClO3. The van der Waals surface area contributed by atoms with Gasteiger partial charge in [-0.15, -0.1) is 0 Å². The summed E-state index contributed by atoms with van der Waals surface area (Å²) in [5.41, 5.74) is 2.54. The smallest absolute Gasteiger partial charge is 0.185 e. The lowest BCUT2D eigenvalue weighted by Gasteiger charge is -2.13. The number of ketones is 1. The Balaban J connectivity index is 1.72. The van der Waals surface area contributed by atoms with Crippen molar-refractivity contribution in [2.45, 2.75) is 13.5 Å². The molecule has 4 heteroatoms. The van der Waals surface area contributed by atoms with Gasteiger partial charge in [0.15, 0.2) is 17.3 Å². The van der Waals surface area contributed by atoms with Gasteiger partial charge in [-0.25, -0.2) is 0 Å². The van der Waals surface area contributed by atoms with E-state index in [9.17, 15) is 4.79 Å². The van der Waals surface area contributed by atoms with Gasteiger partial charge in [-0.3, -0.25) is 4.79 Å². The monoisotopic (exact) mass is 392 g/mol. The predicted molar refractivity (Wildman–Crippen MR) is 113 cm³/mol. The van der Waals surface area contributed by atoms with Gasteiger partial charge in [0, 0.05) is 10.6 Å². The maximum Gasteiger partial charge on any atom is 0.185 e. The van der Waals surface area contributed by atoms with Gasteiger partial charge in [-0.05, 0) is 48.4 Å². The molecular weight excluding hydrogens is 372 g/mol. The molecule has 3 aromatic carbocycles. The van der Waals surface area contributed by atoms with E-state index in [4.69, 9.17) is 21.1 Å². The zero-order chi connectivity index (χ0) is 19.8. The number of rotatable bonds is 8. The zero-order valence-corrected chi connectivity index (χ0v) is 16.4. The molecule has 3 nitrogen and oxygen atoms in total. The van der Waals surface area contributed by atoms with Crippen molar-refractivity contribution in [3.05, 3.63) is 101 Å². The van der Waals surface area contributed by atoms with Crippen LogP contribution in [0.15, 0.2) is 78.9 Å². The third-order valence-corrected chi connectivity index (χ3v) is 4.31. The molecule has 3 rings (SSSR count). The molecule has 0 aliphatic carbocycles. The molecule has 0 radical (unpaired) electrons. The Morgan fingerprint density at radius 2 is 1.68 bits per heavy atom. The highest BCUT2D eigenvalue weighted by Crippen LogP contribution is 2.30. The standard InChI is InChI=1S/C24H21ClO3/c1-2-27-24-16-18(10-14-22(26)20-6-4-3-5-7-20)11-15-23(24)28-17-19-8-12-21(25)13-9-19/h3-16H,2,17H2,1H3. The fraction of sp³-hybridized carbons (Fsp3) is 0.125. The Morgan fingerprint density at radius 3 is 2.39 bits per heavy atom. The van der Waals surface area contributed by atoms with E-state index in [1.807, 2.05) is 67.6 Å². The fourth-order valence-corrected chi connectivity index (χ4v) is 2.75. The minimum Gasteiger partial charge on any atom is -0.490 e. The normalized spacial score (nSPS) is 10.8. The molecule has 0 atom stereocenters. The number of carbonyl (C=O) groups is 1. The van der Waals surface area contributed by atoms with Crippen molar-refractivity contribution in [1.29, 1.82) is 0 Å². The topological polar surface area (TPSA) is 35.5 Å². The molecule has 0 aliphatic heterocycles. The summed E-state index contributed by atoms with van der Waals surface area (Å²) in [5, 5.41) is 0.694. The van der Waals surface area contributed by atoms with Crippen LogP contribution in [-0.4, -0.2) is 12.4 Å². The van der Waals surface area contributed by atoms with Crippen molar-refractivity contribution in [3.8, 4) is 11.5 Å². The molecule has 0 unspecified atom stereocenters. The summed E-state index contributed by atoms with van der Waals surface area (Å²) in [6.45, 7) is 2.86. The molecule has 142 valence electrons. The van der Waals surface area contributed by atoms with Gasteiger partial charge in [-0.2, -0.15) is 0 Å². The van der Waals surface area contributed by atoms with Crippen molar-refractivity contribution in [3.63, 3.8) is 0 Å². The first-order valence-electron chi connectivity index (χ1n) is 9.07. The van der Waals surface area contributed by atoms with Crippen LogP contribution in [0.1, 0.15) is 28.4 Å². The molecule has 0 aromatic heterocycles. The molecule has 28 heavy (non-hydrogen) atoms. The Kier molecular flexibility index (Phi) is 6.88. The second-order valence-corrected chi connectivity index (χ2v) is 6.55. The number of hydrogen-bond acceptors (Lipinski definition) is 3. The maximum absolute atomic E-state index is 12.2. The zero-order valence-electron chi connectivity index (χ0n) is 15.6. The van der Waals surface area contributed by atoms with Crippen molar-refractivity contribution < 1.29 is 14.3 Å². The Bertz CT molecular complexity index is 947. The van der Waals surface area contributed by atoms with Crippen LogP contribution in [-0.2, 0) is 6.61 Å². The predicted octanol–water partition coefficient (Wildman–Crippen LogP) is 6.21. The first-order chi connectivity index (χ1) is 13.7. The van der Waals surface area contributed by atoms with Gasteiger partial charge in [0.25, 0.3) is 0 Å².